The smallest absolute Gasteiger partial charge is 0.289 e. The second-order valence-corrected chi connectivity index (χ2v) is 6.10. The summed E-state index contributed by atoms with van der Waals surface area (Å²) >= 11 is 5.67. The minimum Gasteiger partial charge on any atom is -0.395 e. The van der Waals surface area contributed by atoms with Crippen molar-refractivity contribution < 1.29 is 23.6 Å². The fourth-order valence-corrected chi connectivity index (χ4v) is 3.24. The second-order valence-electron chi connectivity index (χ2n) is 4.01. The highest BCUT2D eigenvalue weighted by Gasteiger charge is 2.25. The Bertz CT molecular complexity index is 614. The van der Waals surface area contributed by atoms with Gasteiger partial charge in [-0.1, -0.05) is 11.6 Å². The number of halogens is 1. The van der Waals surface area contributed by atoms with E-state index in [-0.39, 0.29) is 15.5 Å². The molecule has 0 saturated carbocycles. The molecule has 0 unspecified atom stereocenters. The Labute approximate surface area is 120 Å². The number of benzene rings is 1. The Morgan fingerprint density at radius 1 is 1.40 bits per heavy atom. The topological polar surface area (TPSA) is 130 Å². The standard InChI is InChI=1S/C10H13ClN2O6S/c1-6-2-8(11)9(13(16)17)3-10(6)20(18,19)12-7(4-14)5-15/h2-3,7,12,14-15H,4-5H2,1H3. The molecule has 0 radical (unpaired) electrons. The Morgan fingerprint density at radius 2 is 1.95 bits per heavy atom. The van der Waals surface area contributed by atoms with E-state index in [0.717, 1.165) is 6.07 Å². The van der Waals surface area contributed by atoms with E-state index in [0.29, 0.717) is 0 Å². The lowest BCUT2D eigenvalue weighted by Crippen LogP contribution is -2.40. The van der Waals surface area contributed by atoms with Crippen molar-refractivity contribution in [2.45, 2.75) is 17.9 Å². The molecule has 112 valence electrons. The average molecular weight is 325 g/mol. The van der Waals surface area contributed by atoms with Gasteiger partial charge in [-0.2, -0.15) is 0 Å². The molecule has 0 aliphatic rings. The minimum absolute atomic E-state index is 0.174. The molecule has 1 aromatic carbocycles. The van der Waals surface area contributed by atoms with E-state index in [1.165, 1.54) is 13.0 Å². The first kappa shape index (κ1) is 16.8. The number of nitro groups is 1. The molecule has 20 heavy (non-hydrogen) atoms. The van der Waals surface area contributed by atoms with Crippen LogP contribution < -0.4 is 4.72 Å². The van der Waals surface area contributed by atoms with Crippen molar-refractivity contribution in [1.82, 2.24) is 4.72 Å². The van der Waals surface area contributed by atoms with Crippen molar-refractivity contribution in [3.63, 3.8) is 0 Å². The molecule has 0 atom stereocenters. The number of nitrogens with one attached hydrogen (secondary N) is 1. The molecule has 0 heterocycles. The first-order chi connectivity index (χ1) is 9.22. The van der Waals surface area contributed by atoms with Gasteiger partial charge >= 0.3 is 0 Å². The maximum absolute atomic E-state index is 12.1. The van der Waals surface area contributed by atoms with Crippen molar-refractivity contribution in [1.29, 1.82) is 0 Å². The quantitative estimate of drug-likeness (QED) is 0.506. The summed E-state index contributed by atoms with van der Waals surface area (Å²) in [6.07, 6.45) is 0. The lowest BCUT2D eigenvalue weighted by Gasteiger charge is -2.15. The molecule has 3 N–H and O–H groups in total. The molecule has 0 spiro atoms. The van der Waals surface area contributed by atoms with Crippen LogP contribution in [0, 0.1) is 17.0 Å². The maximum Gasteiger partial charge on any atom is 0.289 e. The van der Waals surface area contributed by atoms with Crippen molar-refractivity contribution >= 4 is 27.3 Å². The van der Waals surface area contributed by atoms with E-state index in [9.17, 15) is 18.5 Å². The molecule has 0 bridgehead atoms. The number of aliphatic hydroxyl groups is 2. The van der Waals surface area contributed by atoms with Gasteiger partial charge in [0.2, 0.25) is 10.0 Å². The van der Waals surface area contributed by atoms with E-state index in [4.69, 9.17) is 21.8 Å². The summed E-state index contributed by atoms with van der Waals surface area (Å²) in [5, 5.41) is 28.4. The lowest BCUT2D eigenvalue weighted by molar-refractivity contribution is -0.384. The highest BCUT2D eigenvalue weighted by Crippen LogP contribution is 2.30. The van der Waals surface area contributed by atoms with Gasteiger partial charge in [0, 0.05) is 6.07 Å². The van der Waals surface area contributed by atoms with Crippen LogP contribution in [-0.2, 0) is 10.0 Å². The van der Waals surface area contributed by atoms with E-state index in [1.807, 2.05) is 4.72 Å². The van der Waals surface area contributed by atoms with Crippen molar-refractivity contribution in [3.8, 4) is 0 Å². The number of hydrogen-bond donors (Lipinski definition) is 3. The Kier molecular flexibility index (Phi) is 5.42. The van der Waals surface area contributed by atoms with Crippen LogP contribution >= 0.6 is 11.6 Å². The fourth-order valence-electron chi connectivity index (χ4n) is 1.49. The maximum atomic E-state index is 12.1. The summed E-state index contributed by atoms with van der Waals surface area (Å²) in [5.41, 5.74) is -0.329. The fraction of sp³-hybridized carbons (Fsp3) is 0.400. The zero-order chi connectivity index (χ0) is 15.5. The van der Waals surface area contributed by atoms with Crippen LogP contribution in [-0.4, -0.2) is 42.8 Å². The molecule has 0 aliphatic heterocycles. The molecular weight excluding hydrogens is 312 g/mol. The Hall–Kier alpha value is -1.26. The molecular formula is C10H13ClN2O6S. The van der Waals surface area contributed by atoms with Gasteiger partial charge in [0.15, 0.2) is 0 Å². The predicted molar refractivity (Wildman–Crippen MR) is 71.1 cm³/mol. The third-order valence-electron chi connectivity index (χ3n) is 2.49. The van der Waals surface area contributed by atoms with Gasteiger partial charge in [-0.3, -0.25) is 10.1 Å². The number of hydrogen-bond acceptors (Lipinski definition) is 6. The van der Waals surface area contributed by atoms with Crippen molar-refractivity contribution in [2.24, 2.45) is 0 Å². The predicted octanol–water partition coefficient (Wildman–Crippen LogP) is 0.188. The van der Waals surface area contributed by atoms with Crippen molar-refractivity contribution in [2.75, 3.05) is 13.2 Å². The van der Waals surface area contributed by atoms with Gasteiger partial charge in [0.1, 0.15) is 5.02 Å². The van der Waals surface area contributed by atoms with Crippen LogP contribution in [0.4, 0.5) is 5.69 Å². The highest BCUT2D eigenvalue weighted by atomic mass is 35.5. The normalized spacial score (nSPS) is 11.8. The van der Waals surface area contributed by atoms with Gasteiger partial charge in [0.05, 0.1) is 29.1 Å². The number of nitro benzene ring substituents is 1. The summed E-state index contributed by atoms with van der Waals surface area (Å²) < 4.78 is 26.2. The monoisotopic (exact) mass is 324 g/mol. The van der Waals surface area contributed by atoms with E-state index in [2.05, 4.69) is 0 Å². The van der Waals surface area contributed by atoms with Crippen molar-refractivity contribution in [3.05, 3.63) is 32.8 Å². The van der Waals surface area contributed by atoms with E-state index >= 15 is 0 Å². The summed E-state index contributed by atoms with van der Waals surface area (Å²) in [7, 11) is -4.12. The first-order valence-corrected chi connectivity index (χ1v) is 7.27. The summed E-state index contributed by atoms with van der Waals surface area (Å²) in [6, 6.07) is 0.918. The molecule has 0 amide bonds. The van der Waals surface area contributed by atoms with Crippen LogP contribution in [0.5, 0.6) is 0 Å². The molecule has 8 nitrogen and oxygen atoms in total. The number of aliphatic hydroxyl groups excluding tert-OH is 2. The Balaban J connectivity index is 3.31. The largest absolute Gasteiger partial charge is 0.395 e. The molecule has 0 saturated heterocycles. The minimum atomic E-state index is -4.12. The van der Waals surface area contributed by atoms with Crippen LogP contribution in [0.3, 0.4) is 0 Å². The molecule has 1 rings (SSSR count). The van der Waals surface area contributed by atoms with Crippen LogP contribution in [0.15, 0.2) is 17.0 Å². The third kappa shape index (κ3) is 3.64. The van der Waals surface area contributed by atoms with Gasteiger partial charge in [-0.05, 0) is 18.6 Å². The highest BCUT2D eigenvalue weighted by molar-refractivity contribution is 7.89. The molecule has 1 aromatic rings. The van der Waals surface area contributed by atoms with Crippen LogP contribution in [0.1, 0.15) is 5.56 Å². The average Bonchev–Trinajstić information content (AvgIpc) is 2.35. The van der Waals surface area contributed by atoms with Gasteiger partial charge in [-0.25, -0.2) is 13.1 Å². The van der Waals surface area contributed by atoms with Crippen LogP contribution in [0.2, 0.25) is 5.02 Å². The SMILES string of the molecule is Cc1cc(Cl)c([N+](=O)[O-])cc1S(=O)(=O)NC(CO)CO. The zero-order valence-electron chi connectivity index (χ0n) is 10.4. The van der Waals surface area contributed by atoms with Gasteiger partial charge < -0.3 is 10.2 Å². The summed E-state index contributed by atoms with van der Waals surface area (Å²) in [5.74, 6) is 0. The Morgan fingerprint density at radius 3 is 2.40 bits per heavy atom. The number of aryl methyl sites for hydroxylation is 1. The molecule has 0 aromatic heterocycles. The summed E-state index contributed by atoms with van der Waals surface area (Å²) in [6.45, 7) is 0.214. The first-order valence-electron chi connectivity index (χ1n) is 5.41. The van der Waals surface area contributed by atoms with E-state index in [1.54, 1.807) is 0 Å². The van der Waals surface area contributed by atoms with Crippen LogP contribution in [0.25, 0.3) is 0 Å². The van der Waals surface area contributed by atoms with Gasteiger partial charge in [0.25, 0.3) is 5.69 Å². The molecule has 0 aliphatic carbocycles. The van der Waals surface area contributed by atoms with E-state index < -0.39 is 39.9 Å². The number of rotatable bonds is 6. The zero-order valence-corrected chi connectivity index (χ0v) is 12.0. The summed E-state index contributed by atoms with van der Waals surface area (Å²) in [4.78, 5) is 9.64. The van der Waals surface area contributed by atoms with Gasteiger partial charge in [-0.15, -0.1) is 0 Å². The lowest BCUT2D eigenvalue weighted by atomic mass is 10.2. The number of nitrogens with zero attached hydrogens (tertiary/aromatic N) is 1. The molecule has 10 heteroatoms. The second kappa shape index (κ2) is 6.46. The third-order valence-corrected chi connectivity index (χ3v) is 4.46. The number of sulfonamides is 1. The molecule has 0 fully saturated rings.